The minimum absolute atomic E-state index is 0.0213. The molecule has 6 rings (SSSR count). The molecule has 1 aliphatic carbocycles. The minimum Gasteiger partial charge on any atom is -0.460 e. The highest BCUT2D eigenvalue weighted by atomic mass is 16.7. The van der Waals surface area contributed by atoms with Crippen LogP contribution >= 0.6 is 0 Å². The maximum absolute atomic E-state index is 13.2. The standard InChI is InChI=1S/C35H36N4O9/c1-3-17-43-32(41)28(37-35(42)45-18-26-24-15-9-7-13-22(24)23-14-8-10-16-25(23)26)20(2)46-34-29(38-39-36)30(40)31-27(47-34)19-44-33(48-31)21-11-5-4-6-12-21/h3-16,20,26-31,33-34,40H,1,17-19H2,2H3,(H,37,42)/t20-,27-,28?,29-,30-,31+,33?,34+/m1/s1. The lowest BCUT2D eigenvalue weighted by molar-refractivity contribution is -0.346. The van der Waals surface area contributed by atoms with Crippen molar-refractivity contribution in [3.8, 4) is 11.1 Å². The summed E-state index contributed by atoms with van der Waals surface area (Å²) in [5.41, 5.74) is 14.3. The van der Waals surface area contributed by atoms with E-state index in [9.17, 15) is 20.2 Å². The summed E-state index contributed by atoms with van der Waals surface area (Å²) in [5.74, 6) is -1.01. The van der Waals surface area contributed by atoms with Gasteiger partial charge >= 0.3 is 12.1 Å². The molecule has 48 heavy (non-hydrogen) atoms. The molecule has 2 unspecified atom stereocenters. The van der Waals surface area contributed by atoms with E-state index in [0.29, 0.717) is 0 Å². The molecule has 1 amide bonds. The lowest BCUT2D eigenvalue weighted by Gasteiger charge is -2.47. The Kier molecular flexibility index (Phi) is 10.4. The molecule has 13 nitrogen and oxygen atoms in total. The Morgan fingerprint density at radius 3 is 2.38 bits per heavy atom. The maximum atomic E-state index is 13.2. The molecule has 2 heterocycles. The van der Waals surface area contributed by atoms with Crippen LogP contribution in [0.2, 0.25) is 0 Å². The third-order valence-electron chi connectivity index (χ3n) is 8.62. The lowest BCUT2D eigenvalue weighted by Crippen LogP contribution is -2.62. The fourth-order valence-electron chi connectivity index (χ4n) is 6.31. The molecule has 2 saturated heterocycles. The van der Waals surface area contributed by atoms with Crippen molar-refractivity contribution in [2.75, 3.05) is 19.8 Å². The largest absolute Gasteiger partial charge is 0.460 e. The molecule has 2 fully saturated rings. The number of rotatable bonds is 11. The van der Waals surface area contributed by atoms with Crippen molar-refractivity contribution in [1.82, 2.24) is 5.32 Å². The zero-order chi connectivity index (χ0) is 33.6. The van der Waals surface area contributed by atoms with Gasteiger partial charge in [-0.05, 0) is 34.7 Å². The number of hydrogen-bond donors (Lipinski definition) is 2. The molecule has 0 bridgehead atoms. The Balaban J connectivity index is 1.14. The van der Waals surface area contributed by atoms with Gasteiger partial charge in [-0.15, -0.1) is 0 Å². The average Bonchev–Trinajstić information content (AvgIpc) is 3.44. The quantitative estimate of drug-likeness (QED) is 0.0957. The molecule has 13 heteroatoms. The number of carbonyl (C=O) groups excluding carboxylic acids is 2. The summed E-state index contributed by atoms with van der Waals surface area (Å²) in [6, 6.07) is 22.4. The van der Waals surface area contributed by atoms with Gasteiger partial charge in [0.2, 0.25) is 0 Å². The first-order valence-corrected chi connectivity index (χ1v) is 15.6. The summed E-state index contributed by atoms with van der Waals surface area (Å²) in [6.07, 6.45) is -5.71. The summed E-state index contributed by atoms with van der Waals surface area (Å²) in [7, 11) is 0. The topological polar surface area (TPSA) is 171 Å². The molecule has 2 N–H and O–H groups in total. The predicted octanol–water partition coefficient (Wildman–Crippen LogP) is 4.91. The highest BCUT2D eigenvalue weighted by Gasteiger charge is 2.50. The smallest absolute Gasteiger partial charge is 0.407 e. The molecule has 8 atom stereocenters. The zero-order valence-corrected chi connectivity index (χ0v) is 26.2. The predicted molar refractivity (Wildman–Crippen MR) is 171 cm³/mol. The Bertz CT molecular complexity index is 1620. The van der Waals surface area contributed by atoms with Gasteiger partial charge in [-0.2, -0.15) is 0 Å². The molecule has 0 aromatic heterocycles. The monoisotopic (exact) mass is 656 g/mol. The summed E-state index contributed by atoms with van der Waals surface area (Å²) in [5, 5.41) is 17.6. The van der Waals surface area contributed by atoms with E-state index in [0.717, 1.165) is 27.8 Å². The van der Waals surface area contributed by atoms with Crippen LogP contribution in [0.4, 0.5) is 4.79 Å². The van der Waals surface area contributed by atoms with Crippen LogP contribution in [0.1, 0.15) is 35.8 Å². The highest BCUT2D eigenvalue weighted by Crippen LogP contribution is 2.44. The number of azide groups is 1. The first-order chi connectivity index (χ1) is 23.4. The number of carbonyl (C=O) groups is 2. The Labute approximate surface area is 277 Å². The Morgan fingerprint density at radius 1 is 1.04 bits per heavy atom. The van der Waals surface area contributed by atoms with E-state index in [1.54, 1.807) is 0 Å². The Hall–Kier alpha value is -4.75. The van der Waals surface area contributed by atoms with Crippen molar-refractivity contribution < 1.29 is 43.1 Å². The van der Waals surface area contributed by atoms with Crippen LogP contribution in [-0.4, -0.2) is 79.8 Å². The second kappa shape index (κ2) is 15.0. The lowest BCUT2D eigenvalue weighted by atomic mass is 9.96. The molecule has 0 saturated carbocycles. The van der Waals surface area contributed by atoms with Gasteiger partial charge < -0.3 is 38.8 Å². The first-order valence-electron chi connectivity index (χ1n) is 15.6. The van der Waals surface area contributed by atoms with E-state index in [1.165, 1.54) is 13.0 Å². The van der Waals surface area contributed by atoms with Crippen LogP contribution in [0.5, 0.6) is 0 Å². The molecular weight excluding hydrogens is 620 g/mol. The molecule has 0 spiro atoms. The number of ether oxygens (including phenoxy) is 6. The number of nitrogens with one attached hydrogen (secondary N) is 1. The van der Waals surface area contributed by atoms with Gasteiger partial charge in [-0.3, -0.25) is 0 Å². The van der Waals surface area contributed by atoms with Crippen molar-refractivity contribution >= 4 is 12.1 Å². The van der Waals surface area contributed by atoms with Gasteiger partial charge in [-0.25, -0.2) is 9.59 Å². The van der Waals surface area contributed by atoms with Crippen molar-refractivity contribution in [1.29, 1.82) is 0 Å². The summed E-state index contributed by atoms with van der Waals surface area (Å²) >= 11 is 0. The Morgan fingerprint density at radius 2 is 1.71 bits per heavy atom. The van der Waals surface area contributed by atoms with E-state index < -0.39 is 61.1 Å². The van der Waals surface area contributed by atoms with E-state index in [-0.39, 0.29) is 25.7 Å². The highest BCUT2D eigenvalue weighted by molar-refractivity contribution is 5.82. The number of amides is 1. The molecule has 3 aromatic carbocycles. The van der Waals surface area contributed by atoms with Crippen LogP contribution in [0.15, 0.2) is 96.6 Å². The SMILES string of the molecule is C=CCOC(=O)C(NC(=O)OCC1c2ccccc2-c2ccccc21)[C@@H](C)O[C@H]1O[C@@H]2COC(c3ccccc3)O[C@@H]2[C@H](O)[C@H]1N=[N+]=[N-]. The van der Waals surface area contributed by atoms with Crippen LogP contribution in [-0.2, 0) is 33.2 Å². The number of esters is 1. The summed E-state index contributed by atoms with van der Waals surface area (Å²) < 4.78 is 34.9. The number of benzene rings is 3. The van der Waals surface area contributed by atoms with E-state index >= 15 is 0 Å². The fraction of sp³-hybridized carbons (Fsp3) is 0.371. The second-order valence-electron chi connectivity index (χ2n) is 11.6. The van der Waals surface area contributed by atoms with E-state index in [4.69, 9.17) is 28.4 Å². The number of alkyl carbamates (subject to hydrolysis) is 1. The third-order valence-corrected chi connectivity index (χ3v) is 8.62. The van der Waals surface area contributed by atoms with Crippen molar-refractivity contribution in [3.05, 3.63) is 119 Å². The average molecular weight is 657 g/mol. The number of aliphatic hydroxyl groups excluding tert-OH is 1. The molecular formula is C35H36N4O9. The van der Waals surface area contributed by atoms with Gasteiger partial charge in [0, 0.05) is 16.4 Å². The molecule has 3 aliphatic rings. The van der Waals surface area contributed by atoms with Gasteiger partial charge in [0.05, 0.1) is 18.8 Å². The molecule has 0 radical (unpaired) electrons. The number of nitrogens with zero attached hydrogens (tertiary/aromatic N) is 3. The molecule has 250 valence electrons. The normalized spacial score (nSPS) is 25.6. The summed E-state index contributed by atoms with van der Waals surface area (Å²) in [6.45, 7) is 5.03. The third kappa shape index (κ3) is 6.92. The van der Waals surface area contributed by atoms with E-state index in [1.807, 2.05) is 78.9 Å². The van der Waals surface area contributed by atoms with Crippen molar-refractivity contribution in [2.45, 2.75) is 61.9 Å². The van der Waals surface area contributed by atoms with Gasteiger partial charge in [0.1, 0.15) is 31.5 Å². The summed E-state index contributed by atoms with van der Waals surface area (Å²) in [4.78, 5) is 29.2. The van der Waals surface area contributed by atoms with Crippen LogP contribution < -0.4 is 5.32 Å². The number of aliphatic hydroxyl groups is 1. The van der Waals surface area contributed by atoms with Gasteiger partial charge in [0.25, 0.3) is 0 Å². The minimum atomic E-state index is -1.37. The fourth-order valence-corrected chi connectivity index (χ4v) is 6.31. The second-order valence-corrected chi connectivity index (χ2v) is 11.6. The van der Waals surface area contributed by atoms with Crippen LogP contribution in [0.25, 0.3) is 21.6 Å². The molecule has 3 aromatic rings. The number of hydrogen-bond acceptors (Lipinski definition) is 10. The zero-order valence-electron chi connectivity index (χ0n) is 26.2. The van der Waals surface area contributed by atoms with E-state index in [2.05, 4.69) is 21.9 Å². The van der Waals surface area contributed by atoms with Gasteiger partial charge in [-0.1, -0.05) is 96.6 Å². The van der Waals surface area contributed by atoms with Crippen LogP contribution in [0.3, 0.4) is 0 Å². The first kappa shape index (κ1) is 33.2. The number of fused-ring (bicyclic) bond motifs is 4. The van der Waals surface area contributed by atoms with Crippen molar-refractivity contribution in [3.63, 3.8) is 0 Å². The van der Waals surface area contributed by atoms with Crippen molar-refractivity contribution in [2.24, 2.45) is 5.11 Å². The van der Waals surface area contributed by atoms with Gasteiger partial charge in [0.15, 0.2) is 18.6 Å². The molecule has 2 aliphatic heterocycles. The van der Waals surface area contributed by atoms with Crippen LogP contribution in [0, 0.1) is 0 Å². The maximum Gasteiger partial charge on any atom is 0.407 e.